The molecule has 2 aliphatic heterocycles. The molecule has 4 aromatic rings. The zero-order valence-corrected chi connectivity index (χ0v) is 40.2. The Morgan fingerprint density at radius 1 is 0.683 bits per heavy atom. The Morgan fingerprint density at radius 3 is 1.80 bits per heavy atom. The van der Waals surface area contributed by atoms with Crippen LogP contribution in [0.1, 0.15) is 63.5 Å². The molecular formula is C39H45N2NaO12S6. The van der Waals surface area contributed by atoms with Gasteiger partial charge >= 0.3 is 29.6 Å². The number of nitrogens with zero attached hydrogens (tertiary/aromatic N) is 2. The molecule has 0 aliphatic carbocycles. The van der Waals surface area contributed by atoms with Crippen LogP contribution in [-0.4, -0.2) is 98.3 Å². The summed E-state index contributed by atoms with van der Waals surface area (Å²) < 4.78 is 140. The minimum atomic E-state index is -4.50. The fourth-order valence-electron chi connectivity index (χ4n) is 8.45. The molecule has 14 nitrogen and oxygen atoms in total. The predicted octanol–water partition coefficient (Wildman–Crippen LogP) is 3.46. The van der Waals surface area contributed by atoms with E-state index in [0.717, 1.165) is 52.7 Å². The Bertz CT molecular complexity index is 2850. The molecule has 4 heterocycles. The summed E-state index contributed by atoms with van der Waals surface area (Å²) in [5, 5.41) is 3.59. The van der Waals surface area contributed by atoms with Crippen molar-refractivity contribution in [3.05, 3.63) is 95.7 Å². The Morgan fingerprint density at radius 2 is 1.22 bits per heavy atom. The van der Waals surface area contributed by atoms with E-state index in [1.165, 1.54) is 22.7 Å². The van der Waals surface area contributed by atoms with Crippen LogP contribution in [-0.2, 0) is 51.3 Å². The van der Waals surface area contributed by atoms with E-state index in [2.05, 4.69) is 0 Å². The van der Waals surface area contributed by atoms with Crippen LogP contribution < -0.4 is 34.5 Å². The quantitative estimate of drug-likeness (QED) is 0.0595. The third kappa shape index (κ3) is 11.2. The number of benzene rings is 2. The molecule has 2 unspecified atom stereocenters. The molecule has 6 rings (SSSR count). The Labute approximate surface area is 381 Å². The average molecular weight is 949 g/mol. The van der Waals surface area contributed by atoms with Crippen molar-refractivity contribution in [2.75, 3.05) is 41.0 Å². The monoisotopic (exact) mass is 948 g/mol. The summed E-state index contributed by atoms with van der Waals surface area (Å²) in [7, 11) is -17.5. The standard InChI is InChI=1S/C39H46N2O12S6.Na/c1-38(20-10-24-56(42,43)44)32(40(22-12-26-58(48,49)50)36-34(38)28-14-6-8-16-30(28)54-36)18-4-3-5-19-33-39(2,21-11-25-57(45,46)47)35-29-15-7-9-17-31(29)55-37(35)41(33)23-13-27-59(51,52)53;/h3-9,14-19H,10-13,20-27H2,1-2H3,(H3-,42,43,44,45,46,47,48,49,50,51,52,53);/q;+1/p-1. The first kappa shape index (κ1) is 48.7. The maximum atomic E-state index is 11.8. The molecule has 2 N–H and O–H groups in total. The SMILES string of the molecule is CC1(CCCS(=O)(=O)O)C(/C=C/C=C/C=C2\N(CCCS(=O)(=O)[O-])c3sc4ccccc4c3C2(C)CCCS(=O)(=O)O)=[N+](CCCS(=O)(=O)[O-])c2sc3ccccc3c21.[Na+]. The van der Waals surface area contributed by atoms with Gasteiger partial charge in [-0.1, -0.05) is 66.0 Å². The molecule has 0 fully saturated rings. The average Bonchev–Trinajstić information content (AvgIpc) is 3.80. The summed E-state index contributed by atoms with van der Waals surface area (Å²) in [4.78, 5) is 1.97. The molecule has 2 aliphatic rings. The third-order valence-corrected chi connectivity index (χ3v) is 16.5. The second-order valence-electron chi connectivity index (χ2n) is 15.2. The minimum absolute atomic E-state index is 0. The van der Waals surface area contributed by atoms with Crippen molar-refractivity contribution >= 4 is 99.0 Å². The van der Waals surface area contributed by atoms with Gasteiger partial charge in [0, 0.05) is 62.0 Å². The number of fused-ring (bicyclic) bond motifs is 6. The first-order valence-corrected chi connectivity index (χ1v) is 26.8. The summed E-state index contributed by atoms with van der Waals surface area (Å²) in [6.45, 7) is 4.33. The van der Waals surface area contributed by atoms with E-state index in [1.807, 2.05) is 84.0 Å². The predicted molar refractivity (Wildman–Crippen MR) is 232 cm³/mol. The van der Waals surface area contributed by atoms with E-state index >= 15 is 0 Å². The van der Waals surface area contributed by atoms with E-state index in [1.54, 1.807) is 18.2 Å². The molecule has 60 heavy (non-hydrogen) atoms. The first-order chi connectivity index (χ1) is 27.5. The molecule has 0 amide bonds. The Hall–Kier alpha value is -2.31. The summed E-state index contributed by atoms with van der Waals surface area (Å²) in [6.07, 6.45) is 10.0. The Kier molecular flexibility index (Phi) is 15.3. The van der Waals surface area contributed by atoms with Crippen LogP contribution in [0.2, 0.25) is 0 Å². The van der Waals surface area contributed by atoms with E-state index in [0.29, 0.717) is 12.8 Å². The van der Waals surface area contributed by atoms with Crippen molar-refractivity contribution in [3.63, 3.8) is 0 Å². The molecule has 2 aromatic heterocycles. The van der Waals surface area contributed by atoms with Gasteiger partial charge in [0.1, 0.15) is 5.00 Å². The zero-order chi connectivity index (χ0) is 43.0. The zero-order valence-electron chi connectivity index (χ0n) is 33.3. The normalized spacial score (nSPS) is 20.6. The molecule has 320 valence electrons. The fraction of sp³-hybridized carbons (Fsp3) is 0.410. The van der Waals surface area contributed by atoms with Crippen molar-refractivity contribution in [3.8, 4) is 0 Å². The summed E-state index contributed by atoms with van der Waals surface area (Å²) in [5.41, 5.74) is 1.78. The molecule has 0 spiro atoms. The maximum absolute atomic E-state index is 11.8. The number of hydrogen-bond acceptors (Lipinski definition) is 13. The van der Waals surface area contributed by atoms with Gasteiger partial charge in [0.25, 0.3) is 25.2 Å². The second kappa shape index (κ2) is 18.8. The van der Waals surface area contributed by atoms with Crippen molar-refractivity contribution in [1.29, 1.82) is 0 Å². The van der Waals surface area contributed by atoms with Gasteiger partial charge in [-0.2, -0.15) is 21.4 Å². The van der Waals surface area contributed by atoms with Crippen molar-refractivity contribution in [2.24, 2.45) is 0 Å². The first-order valence-electron chi connectivity index (χ1n) is 18.8. The fourth-order valence-corrected chi connectivity index (χ4v) is 13.2. The molecule has 2 atom stereocenters. The van der Waals surface area contributed by atoms with Crippen LogP contribution >= 0.6 is 22.7 Å². The molecule has 0 saturated carbocycles. The molecule has 0 saturated heterocycles. The molecule has 0 radical (unpaired) electrons. The van der Waals surface area contributed by atoms with Gasteiger partial charge in [-0.15, -0.1) is 11.3 Å². The second-order valence-corrected chi connectivity index (χ2v) is 23.5. The van der Waals surface area contributed by atoms with Gasteiger partial charge in [0.15, 0.2) is 12.3 Å². The van der Waals surface area contributed by atoms with Crippen LogP contribution in [0.4, 0.5) is 10.0 Å². The number of anilines is 1. The van der Waals surface area contributed by atoms with Gasteiger partial charge in [-0.25, -0.2) is 16.8 Å². The van der Waals surface area contributed by atoms with Crippen LogP contribution in [0.25, 0.3) is 20.2 Å². The van der Waals surface area contributed by atoms with E-state index < -0.39 is 74.3 Å². The van der Waals surface area contributed by atoms with Crippen molar-refractivity contribution in [2.45, 2.75) is 63.2 Å². The van der Waals surface area contributed by atoms with Crippen LogP contribution in [0.15, 0.2) is 84.6 Å². The van der Waals surface area contributed by atoms with Crippen LogP contribution in [0.3, 0.4) is 0 Å². The van der Waals surface area contributed by atoms with E-state index in [-0.39, 0.29) is 68.3 Å². The van der Waals surface area contributed by atoms with Crippen molar-refractivity contribution < 1.29 is 86.0 Å². The van der Waals surface area contributed by atoms with E-state index in [9.17, 15) is 51.9 Å². The number of thiophene rings is 2. The smallest absolute Gasteiger partial charge is 0.748 e. The van der Waals surface area contributed by atoms with Gasteiger partial charge in [0.2, 0.25) is 0 Å². The largest absolute Gasteiger partial charge is 1.00 e. The van der Waals surface area contributed by atoms with Crippen LogP contribution in [0, 0.1) is 0 Å². The van der Waals surface area contributed by atoms with Crippen molar-refractivity contribution in [1.82, 2.24) is 0 Å². The topological polar surface area (TPSA) is 229 Å². The maximum Gasteiger partial charge on any atom is 1.00 e. The van der Waals surface area contributed by atoms with E-state index in [4.69, 9.17) is 0 Å². The molecular weight excluding hydrogens is 904 g/mol. The third-order valence-electron chi connectivity index (χ3n) is 10.9. The minimum Gasteiger partial charge on any atom is -0.748 e. The van der Waals surface area contributed by atoms with Gasteiger partial charge in [-0.05, 0) is 69.5 Å². The molecule has 21 heteroatoms. The Balaban J connectivity index is 0.00000683. The summed E-state index contributed by atoms with van der Waals surface area (Å²) in [5.74, 6) is -2.07. The summed E-state index contributed by atoms with van der Waals surface area (Å²) >= 11 is 3.01. The number of hydrogen-bond donors (Lipinski definition) is 2. The van der Waals surface area contributed by atoms with Gasteiger partial charge in [0.05, 0.1) is 42.7 Å². The van der Waals surface area contributed by atoms with Crippen LogP contribution in [0.5, 0.6) is 0 Å². The number of allylic oxidation sites excluding steroid dienone is 6. The summed E-state index contributed by atoms with van der Waals surface area (Å²) in [6, 6.07) is 15.5. The molecule has 0 bridgehead atoms. The number of rotatable bonds is 19. The van der Waals surface area contributed by atoms with Gasteiger partial charge < -0.3 is 14.0 Å². The molecule has 2 aromatic carbocycles. The van der Waals surface area contributed by atoms with Gasteiger partial charge in [-0.3, -0.25) is 9.11 Å².